The fourth-order valence-corrected chi connectivity index (χ4v) is 5.91. The summed E-state index contributed by atoms with van der Waals surface area (Å²) in [5.74, 6) is 1.40. The molecule has 3 N–H and O–H groups in total. The van der Waals surface area contributed by atoms with Gasteiger partial charge in [0.05, 0.1) is 18.0 Å². The van der Waals surface area contributed by atoms with Gasteiger partial charge in [0.2, 0.25) is 0 Å². The van der Waals surface area contributed by atoms with Crippen molar-refractivity contribution in [1.29, 1.82) is 0 Å². The Labute approximate surface area is 185 Å². The molecule has 0 spiro atoms. The number of ether oxygens (including phenoxy) is 1. The maximum atomic E-state index is 6.32. The second-order valence-corrected chi connectivity index (χ2v) is 9.18. The molecule has 0 radical (unpaired) electrons. The highest BCUT2D eigenvalue weighted by atomic mass is 32.1. The summed E-state index contributed by atoms with van der Waals surface area (Å²) >= 11 is 1.73. The molecule has 4 aromatic rings. The van der Waals surface area contributed by atoms with Crippen molar-refractivity contribution in [2.75, 3.05) is 25.9 Å². The number of nitrogen functional groups attached to an aromatic ring is 1. The van der Waals surface area contributed by atoms with E-state index in [1.165, 1.54) is 35.7 Å². The summed E-state index contributed by atoms with van der Waals surface area (Å²) in [4.78, 5) is 7.92. The number of methoxy groups -OCH3 is 1. The number of benzene rings is 1. The number of nitrogens with one attached hydrogen (secondary N) is 1. The van der Waals surface area contributed by atoms with Crippen molar-refractivity contribution in [3.8, 4) is 16.2 Å². The van der Waals surface area contributed by atoms with Crippen molar-refractivity contribution in [3.63, 3.8) is 0 Å². The average molecular weight is 437 g/mol. The Balaban J connectivity index is 1.62. The first-order valence-corrected chi connectivity index (χ1v) is 11.6. The van der Waals surface area contributed by atoms with Crippen LogP contribution < -0.4 is 15.8 Å². The number of aromatic nitrogens is 3. The highest BCUT2D eigenvalue weighted by Crippen LogP contribution is 2.43. The highest BCUT2D eigenvalue weighted by molar-refractivity contribution is 7.22. The van der Waals surface area contributed by atoms with E-state index in [4.69, 9.17) is 10.5 Å². The quantitative estimate of drug-likeness (QED) is 0.475. The van der Waals surface area contributed by atoms with Gasteiger partial charge in [-0.2, -0.15) is 5.10 Å². The third-order valence-corrected chi connectivity index (χ3v) is 7.35. The standard InChI is InChI=1S/C23H28N6OS/c1-4-28-7-5-6-19(28)25-11-16-12-29-21(23(24)26-13-27-29)20(16)18-10-15-8-14(2)9-17(30-3)22(15)31-18/h8-10,12-13,19,25H,4-7,11H2,1-3H3,(H2,24,26,27). The first kappa shape index (κ1) is 20.2. The molecular formula is C23H28N6OS. The number of aryl methyl sites for hydroxylation is 1. The first-order valence-electron chi connectivity index (χ1n) is 10.8. The number of hydrogen-bond acceptors (Lipinski definition) is 7. The molecule has 31 heavy (non-hydrogen) atoms. The van der Waals surface area contributed by atoms with Crippen LogP contribution in [0.25, 0.3) is 26.0 Å². The van der Waals surface area contributed by atoms with Crippen LogP contribution in [0.15, 0.2) is 30.7 Å². The Hall–Kier alpha value is -2.68. The molecule has 1 aromatic carbocycles. The first-order chi connectivity index (χ1) is 15.1. The molecule has 5 rings (SSSR count). The van der Waals surface area contributed by atoms with Gasteiger partial charge in [-0.15, -0.1) is 11.3 Å². The number of anilines is 1. The SMILES string of the molecule is CCN1CCCC1NCc1cn2ncnc(N)c2c1-c1cc2cc(C)cc(OC)c2s1. The lowest BCUT2D eigenvalue weighted by Crippen LogP contribution is -2.40. The van der Waals surface area contributed by atoms with E-state index in [1.54, 1.807) is 18.4 Å². The third kappa shape index (κ3) is 3.54. The lowest BCUT2D eigenvalue weighted by molar-refractivity contribution is 0.227. The number of thiophene rings is 1. The average Bonchev–Trinajstić information content (AvgIpc) is 3.47. The summed E-state index contributed by atoms with van der Waals surface area (Å²) < 4.78 is 8.66. The molecule has 1 atom stereocenters. The molecule has 0 aliphatic carbocycles. The number of nitrogens with two attached hydrogens (primary N) is 1. The Kier molecular flexibility index (Phi) is 5.29. The predicted molar refractivity (Wildman–Crippen MR) is 127 cm³/mol. The van der Waals surface area contributed by atoms with E-state index in [0.29, 0.717) is 12.0 Å². The van der Waals surface area contributed by atoms with Crippen LogP contribution in [-0.2, 0) is 6.54 Å². The topological polar surface area (TPSA) is 80.7 Å². The number of likely N-dealkylation sites (tertiary alicyclic amines) is 1. The summed E-state index contributed by atoms with van der Waals surface area (Å²) in [6.07, 6.45) is 6.42. The second kappa shape index (κ2) is 8.11. The van der Waals surface area contributed by atoms with Gasteiger partial charge in [0, 0.05) is 23.2 Å². The molecule has 0 saturated carbocycles. The van der Waals surface area contributed by atoms with E-state index in [9.17, 15) is 0 Å². The molecule has 4 heterocycles. The van der Waals surface area contributed by atoms with Crippen LogP contribution in [0.1, 0.15) is 30.9 Å². The fraction of sp³-hybridized carbons (Fsp3) is 0.391. The van der Waals surface area contributed by atoms with Gasteiger partial charge in [-0.1, -0.05) is 13.0 Å². The van der Waals surface area contributed by atoms with E-state index in [2.05, 4.69) is 58.5 Å². The van der Waals surface area contributed by atoms with Crippen molar-refractivity contribution in [3.05, 3.63) is 41.9 Å². The Morgan fingerprint density at radius 3 is 3.00 bits per heavy atom. The van der Waals surface area contributed by atoms with Crippen LogP contribution in [0.4, 0.5) is 5.82 Å². The Morgan fingerprint density at radius 1 is 1.32 bits per heavy atom. The largest absolute Gasteiger partial charge is 0.495 e. The lowest BCUT2D eigenvalue weighted by atomic mass is 10.1. The van der Waals surface area contributed by atoms with Crippen molar-refractivity contribution in [2.45, 2.75) is 39.4 Å². The Bertz CT molecular complexity index is 1250. The maximum absolute atomic E-state index is 6.32. The lowest BCUT2D eigenvalue weighted by Gasteiger charge is -2.23. The molecule has 1 unspecified atom stereocenters. The molecule has 162 valence electrons. The van der Waals surface area contributed by atoms with Crippen molar-refractivity contribution < 1.29 is 4.74 Å². The monoisotopic (exact) mass is 436 g/mol. The van der Waals surface area contributed by atoms with E-state index in [1.807, 2.05) is 4.52 Å². The second-order valence-electron chi connectivity index (χ2n) is 8.13. The molecule has 1 fully saturated rings. The summed E-state index contributed by atoms with van der Waals surface area (Å²) in [5.41, 5.74) is 10.6. The van der Waals surface area contributed by atoms with Crippen molar-refractivity contribution in [1.82, 2.24) is 24.8 Å². The van der Waals surface area contributed by atoms with Crippen LogP contribution in [0.3, 0.4) is 0 Å². The normalized spacial score (nSPS) is 17.2. The zero-order valence-corrected chi connectivity index (χ0v) is 19.0. The van der Waals surface area contributed by atoms with E-state index in [0.717, 1.165) is 46.0 Å². The minimum atomic E-state index is 0.412. The summed E-state index contributed by atoms with van der Waals surface area (Å²) in [6.45, 7) is 7.29. The zero-order chi connectivity index (χ0) is 21.5. The number of fused-ring (bicyclic) bond motifs is 2. The van der Waals surface area contributed by atoms with Gasteiger partial charge in [-0.05, 0) is 61.5 Å². The Morgan fingerprint density at radius 2 is 2.19 bits per heavy atom. The minimum Gasteiger partial charge on any atom is -0.495 e. The van der Waals surface area contributed by atoms with Crippen LogP contribution in [-0.4, -0.2) is 45.9 Å². The number of rotatable bonds is 6. The molecule has 0 amide bonds. The van der Waals surface area contributed by atoms with Crippen molar-refractivity contribution in [2.24, 2.45) is 0 Å². The van der Waals surface area contributed by atoms with E-state index in [-0.39, 0.29) is 0 Å². The molecule has 3 aromatic heterocycles. The molecule has 1 saturated heterocycles. The summed E-state index contributed by atoms with van der Waals surface area (Å²) in [6, 6.07) is 6.51. The van der Waals surface area contributed by atoms with Gasteiger partial charge in [-0.25, -0.2) is 9.50 Å². The highest BCUT2D eigenvalue weighted by Gasteiger charge is 2.24. The molecule has 8 heteroatoms. The van der Waals surface area contributed by atoms with Gasteiger partial charge in [-0.3, -0.25) is 10.2 Å². The molecule has 1 aliphatic rings. The van der Waals surface area contributed by atoms with Gasteiger partial charge in [0.1, 0.15) is 17.6 Å². The molecular weight excluding hydrogens is 408 g/mol. The minimum absolute atomic E-state index is 0.412. The summed E-state index contributed by atoms with van der Waals surface area (Å²) in [7, 11) is 1.73. The van der Waals surface area contributed by atoms with E-state index >= 15 is 0 Å². The third-order valence-electron chi connectivity index (χ3n) is 6.17. The summed E-state index contributed by atoms with van der Waals surface area (Å²) in [5, 5.41) is 9.37. The molecule has 7 nitrogen and oxygen atoms in total. The van der Waals surface area contributed by atoms with Gasteiger partial charge in [0.15, 0.2) is 5.82 Å². The van der Waals surface area contributed by atoms with Crippen molar-refractivity contribution >= 4 is 32.8 Å². The van der Waals surface area contributed by atoms with Gasteiger partial charge in [0.25, 0.3) is 0 Å². The molecule has 1 aliphatic heterocycles. The van der Waals surface area contributed by atoms with Crippen LogP contribution in [0, 0.1) is 6.92 Å². The van der Waals surface area contributed by atoms with Crippen LogP contribution in [0.5, 0.6) is 5.75 Å². The van der Waals surface area contributed by atoms with Gasteiger partial charge >= 0.3 is 0 Å². The maximum Gasteiger partial charge on any atom is 0.152 e. The van der Waals surface area contributed by atoms with Crippen LogP contribution in [0.2, 0.25) is 0 Å². The van der Waals surface area contributed by atoms with Gasteiger partial charge < -0.3 is 10.5 Å². The smallest absolute Gasteiger partial charge is 0.152 e. The predicted octanol–water partition coefficient (Wildman–Crippen LogP) is 4.04. The number of nitrogens with zero attached hydrogens (tertiary/aromatic N) is 4. The van der Waals surface area contributed by atoms with E-state index < -0.39 is 0 Å². The fourth-order valence-electron chi connectivity index (χ4n) is 4.70. The number of hydrogen-bond donors (Lipinski definition) is 2. The molecule has 0 bridgehead atoms. The van der Waals surface area contributed by atoms with Crippen LogP contribution >= 0.6 is 11.3 Å². The zero-order valence-electron chi connectivity index (χ0n) is 18.2.